The van der Waals surface area contributed by atoms with Gasteiger partial charge in [0.2, 0.25) is 5.91 Å². The highest BCUT2D eigenvalue weighted by atomic mass is 32.2. The van der Waals surface area contributed by atoms with Crippen LogP contribution in [0.3, 0.4) is 0 Å². The van der Waals surface area contributed by atoms with Crippen LogP contribution in [0.4, 0.5) is 10.1 Å². The number of nitrogens with one attached hydrogen (secondary N) is 1. The van der Waals surface area contributed by atoms with Crippen molar-refractivity contribution < 1.29 is 9.18 Å². The molecule has 3 rings (SSSR count). The molecule has 1 aromatic heterocycles. The first-order valence-electron chi connectivity index (χ1n) is 7.75. The van der Waals surface area contributed by atoms with E-state index < -0.39 is 0 Å². The van der Waals surface area contributed by atoms with E-state index in [9.17, 15) is 9.18 Å². The van der Waals surface area contributed by atoms with E-state index in [-0.39, 0.29) is 11.7 Å². The number of aromatic nitrogens is 1. The lowest BCUT2D eigenvalue weighted by Crippen LogP contribution is -2.14. The summed E-state index contributed by atoms with van der Waals surface area (Å²) in [5.41, 5.74) is 3.10. The molecule has 6 heteroatoms. The minimum Gasteiger partial charge on any atom is -0.325 e. The van der Waals surface area contributed by atoms with Gasteiger partial charge in [-0.25, -0.2) is 9.37 Å². The van der Waals surface area contributed by atoms with Crippen molar-refractivity contribution in [3.63, 3.8) is 0 Å². The number of carbonyl (C=O) groups excluding carboxylic acids is 1. The van der Waals surface area contributed by atoms with E-state index in [1.165, 1.54) is 17.8 Å². The zero-order valence-corrected chi connectivity index (χ0v) is 15.3. The van der Waals surface area contributed by atoms with E-state index in [0.29, 0.717) is 22.8 Å². The first kappa shape index (κ1) is 17.6. The van der Waals surface area contributed by atoms with Crippen molar-refractivity contribution in [3.8, 4) is 10.6 Å². The van der Waals surface area contributed by atoms with Crippen LogP contribution in [0.15, 0.2) is 53.9 Å². The number of amides is 1. The maximum Gasteiger partial charge on any atom is 0.234 e. The molecule has 0 spiro atoms. The summed E-state index contributed by atoms with van der Waals surface area (Å²) < 4.78 is 13.5. The molecule has 0 aliphatic rings. The van der Waals surface area contributed by atoms with Crippen LogP contribution in [-0.4, -0.2) is 16.6 Å². The van der Waals surface area contributed by atoms with Crippen molar-refractivity contribution in [2.45, 2.75) is 12.7 Å². The van der Waals surface area contributed by atoms with Gasteiger partial charge in [-0.3, -0.25) is 4.79 Å². The molecule has 3 nitrogen and oxygen atoms in total. The maximum atomic E-state index is 13.5. The Kier molecular flexibility index (Phi) is 5.83. The summed E-state index contributed by atoms with van der Waals surface area (Å²) in [7, 11) is 0. The molecule has 3 aromatic rings. The minimum absolute atomic E-state index is 0.147. The fraction of sp³-hybridized carbons (Fsp3) is 0.158. The van der Waals surface area contributed by atoms with Crippen molar-refractivity contribution in [1.82, 2.24) is 4.98 Å². The topological polar surface area (TPSA) is 42.0 Å². The Labute approximate surface area is 154 Å². The molecule has 0 unspecified atom stereocenters. The lowest BCUT2D eigenvalue weighted by molar-refractivity contribution is -0.113. The Hall–Kier alpha value is -2.18. The highest BCUT2D eigenvalue weighted by Gasteiger charge is 2.08. The fourth-order valence-electron chi connectivity index (χ4n) is 2.20. The number of rotatable bonds is 6. The van der Waals surface area contributed by atoms with E-state index in [0.717, 1.165) is 16.3 Å². The monoisotopic (exact) mass is 372 g/mol. The predicted molar refractivity (Wildman–Crippen MR) is 103 cm³/mol. The molecule has 25 heavy (non-hydrogen) atoms. The van der Waals surface area contributed by atoms with Gasteiger partial charge < -0.3 is 5.32 Å². The number of anilines is 1. The summed E-state index contributed by atoms with van der Waals surface area (Å²) in [6.07, 6.45) is 0. The van der Waals surface area contributed by atoms with Gasteiger partial charge in [0.1, 0.15) is 10.8 Å². The Morgan fingerprint density at radius 3 is 2.80 bits per heavy atom. The average Bonchev–Trinajstić information content (AvgIpc) is 3.08. The van der Waals surface area contributed by atoms with E-state index in [1.807, 2.05) is 35.7 Å². The number of hydrogen-bond acceptors (Lipinski definition) is 4. The zero-order chi connectivity index (χ0) is 17.6. The number of thiazole rings is 1. The predicted octanol–water partition coefficient (Wildman–Crippen LogP) is 5.13. The summed E-state index contributed by atoms with van der Waals surface area (Å²) in [5, 5.41) is 5.71. The zero-order valence-electron chi connectivity index (χ0n) is 13.7. The molecular formula is C19H17FN2OS2. The van der Waals surface area contributed by atoms with Crippen molar-refractivity contribution in [2.75, 3.05) is 11.1 Å². The molecule has 0 bridgehead atoms. The summed E-state index contributed by atoms with van der Waals surface area (Å²) in [4.78, 5) is 16.6. The Morgan fingerprint density at radius 2 is 2.04 bits per heavy atom. The van der Waals surface area contributed by atoms with Crippen LogP contribution >= 0.6 is 23.1 Å². The first-order valence-corrected chi connectivity index (χ1v) is 9.79. The van der Waals surface area contributed by atoms with Crippen LogP contribution in [0.25, 0.3) is 10.6 Å². The van der Waals surface area contributed by atoms with Gasteiger partial charge in [-0.15, -0.1) is 23.1 Å². The number of nitrogens with zero attached hydrogens (tertiary/aromatic N) is 1. The molecule has 0 saturated carbocycles. The van der Waals surface area contributed by atoms with Gasteiger partial charge in [0.05, 0.1) is 11.4 Å². The Balaban J connectivity index is 1.48. The molecule has 0 aliphatic heterocycles. The van der Waals surface area contributed by atoms with Crippen molar-refractivity contribution >= 4 is 34.7 Å². The quantitative estimate of drug-likeness (QED) is 0.652. The number of benzene rings is 2. The maximum absolute atomic E-state index is 13.5. The molecule has 0 saturated heterocycles. The van der Waals surface area contributed by atoms with Crippen molar-refractivity contribution in [3.05, 3.63) is 71.0 Å². The summed E-state index contributed by atoms with van der Waals surface area (Å²) >= 11 is 3.09. The van der Waals surface area contributed by atoms with Crippen molar-refractivity contribution in [1.29, 1.82) is 0 Å². The van der Waals surface area contributed by atoms with Gasteiger partial charge in [0.25, 0.3) is 0 Å². The molecule has 0 fully saturated rings. The van der Waals surface area contributed by atoms with Crippen LogP contribution in [0.5, 0.6) is 0 Å². The number of aryl methyl sites for hydroxylation is 1. The van der Waals surface area contributed by atoms with Crippen LogP contribution in [-0.2, 0) is 10.5 Å². The van der Waals surface area contributed by atoms with Crippen LogP contribution in [0.1, 0.15) is 11.3 Å². The Bertz CT molecular complexity index is 865. The van der Waals surface area contributed by atoms with Gasteiger partial charge in [-0.05, 0) is 24.6 Å². The second-order valence-corrected chi connectivity index (χ2v) is 7.36. The minimum atomic E-state index is -0.318. The first-order chi connectivity index (χ1) is 12.1. The third-order valence-corrected chi connectivity index (χ3v) is 5.42. The number of hydrogen-bond donors (Lipinski definition) is 1. The van der Waals surface area contributed by atoms with Gasteiger partial charge in [-0.1, -0.05) is 36.4 Å². The van der Waals surface area contributed by atoms with Gasteiger partial charge in [0, 0.05) is 22.4 Å². The third kappa shape index (κ3) is 4.90. The lowest BCUT2D eigenvalue weighted by Gasteiger charge is -2.06. The van der Waals surface area contributed by atoms with E-state index in [4.69, 9.17) is 0 Å². The van der Waals surface area contributed by atoms with Crippen LogP contribution < -0.4 is 5.32 Å². The van der Waals surface area contributed by atoms with E-state index in [1.54, 1.807) is 30.4 Å². The molecule has 1 heterocycles. The molecule has 0 atom stereocenters. The van der Waals surface area contributed by atoms with Crippen LogP contribution in [0.2, 0.25) is 0 Å². The normalized spacial score (nSPS) is 10.6. The summed E-state index contributed by atoms with van der Waals surface area (Å²) in [6, 6.07) is 14.7. The van der Waals surface area contributed by atoms with Gasteiger partial charge in [0.15, 0.2) is 0 Å². The number of thioether (sulfide) groups is 1. The van der Waals surface area contributed by atoms with E-state index in [2.05, 4.69) is 10.3 Å². The van der Waals surface area contributed by atoms with Crippen LogP contribution in [0, 0.1) is 12.7 Å². The third-order valence-electron chi connectivity index (χ3n) is 3.51. The fourth-order valence-corrected chi connectivity index (χ4v) is 3.85. The molecule has 1 N–H and O–H groups in total. The smallest absolute Gasteiger partial charge is 0.234 e. The summed E-state index contributed by atoms with van der Waals surface area (Å²) in [6.45, 7) is 1.69. The van der Waals surface area contributed by atoms with E-state index >= 15 is 0 Å². The average molecular weight is 372 g/mol. The summed E-state index contributed by atoms with van der Waals surface area (Å²) in [5.74, 6) is 0.500. The number of carbonyl (C=O) groups is 1. The molecule has 1 amide bonds. The molecule has 0 aliphatic carbocycles. The lowest BCUT2D eigenvalue weighted by atomic mass is 10.2. The SMILES string of the molecule is Cc1ccc(NC(=O)CSCc2csc(-c3ccccc3)n2)cc1F. The second kappa shape index (κ2) is 8.27. The molecule has 0 radical (unpaired) electrons. The van der Waals surface area contributed by atoms with Gasteiger partial charge in [-0.2, -0.15) is 0 Å². The molecule has 2 aromatic carbocycles. The Morgan fingerprint density at radius 1 is 1.24 bits per heavy atom. The largest absolute Gasteiger partial charge is 0.325 e. The molecular weight excluding hydrogens is 355 g/mol. The van der Waals surface area contributed by atoms with Gasteiger partial charge >= 0.3 is 0 Å². The highest BCUT2D eigenvalue weighted by molar-refractivity contribution is 7.99. The van der Waals surface area contributed by atoms with Crippen molar-refractivity contribution in [2.24, 2.45) is 0 Å². The molecule has 128 valence electrons. The number of halogens is 1. The standard InChI is InChI=1S/C19H17FN2OS2/c1-13-7-8-15(9-17(13)20)21-18(23)12-24-10-16-11-25-19(22-16)14-5-3-2-4-6-14/h2-9,11H,10,12H2,1H3,(H,21,23). The second-order valence-electron chi connectivity index (χ2n) is 5.51. The highest BCUT2D eigenvalue weighted by Crippen LogP contribution is 2.25.